The van der Waals surface area contributed by atoms with Crippen LogP contribution in [-0.4, -0.2) is 34.4 Å². The van der Waals surface area contributed by atoms with E-state index in [1.165, 1.54) is 12.1 Å². The predicted molar refractivity (Wildman–Crippen MR) is 78.5 cm³/mol. The van der Waals surface area contributed by atoms with Gasteiger partial charge in [-0.05, 0) is 50.4 Å². The first kappa shape index (κ1) is 18.0. The first-order valence-electron chi connectivity index (χ1n) is 7.32. The number of piperidine rings is 1. The van der Waals surface area contributed by atoms with Gasteiger partial charge in [0.15, 0.2) is 0 Å². The van der Waals surface area contributed by atoms with Gasteiger partial charge in [0.05, 0.1) is 4.90 Å². The molecule has 9 heteroatoms. The third kappa shape index (κ3) is 6.00. The Balaban J connectivity index is 1.94. The van der Waals surface area contributed by atoms with Crippen molar-refractivity contribution in [2.24, 2.45) is 5.92 Å². The summed E-state index contributed by atoms with van der Waals surface area (Å²) >= 11 is 0. The van der Waals surface area contributed by atoms with E-state index in [-0.39, 0.29) is 11.4 Å². The Bertz CT molecular complexity index is 614. The average molecular weight is 352 g/mol. The molecular formula is C14H19F3N2O3S. The molecule has 1 aromatic rings. The van der Waals surface area contributed by atoms with Crippen molar-refractivity contribution in [1.82, 2.24) is 10.0 Å². The Kier molecular flexibility index (Phi) is 5.88. The Morgan fingerprint density at radius 2 is 2.13 bits per heavy atom. The van der Waals surface area contributed by atoms with Gasteiger partial charge in [-0.1, -0.05) is 6.07 Å². The molecule has 0 aliphatic carbocycles. The number of alkyl halides is 3. The van der Waals surface area contributed by atoms with Crippen LogP contribution < -0.4 is 14.8 Å². The van der Waals surface area contributed by atoms with Gasteiger partial charge in [0.2, 0.25) is 10.0 Å². The zero-order valence-corrected chi connectivity index (χ0v) is 13.2. The number of benzene rings is 1. The lowest BCUT2D eigenvalue weighted by molar-refractivity contribution is -0.274. The van der Waals surface area contributed by atoms with E-state index in [1.54, 1.807) is 0 Å². The second-order valence-corrected chi connectivity index (χ2v) is 7.19. The third-order valence-corrected chi connectivity index (χ3v) is 5.05. The molecule has 1 aliphatic heterocycles. The minimum Gasteiger partial charge on any atom is -0.406 e. The second-order valence-electron chi connectivity index (χ2n) is 5.42. The van der Waals surface area contributed by atoms with Crippen molar-refractivity contribution < 1.29 is 26.3 Å². The SMILES string of the molecule is O=S(=O)(NCCC1CCCNC1)c1cccc(OC(F)(F)F)c1. The molecule has 1 heterocycles. The van der Waals surface area contributed by atoms with Gasteiger partial charge in [0.25, 0.3) is 0 Å². The van der Waals surface area contributed by atoms with E-state index >= 15 is 0 Å². The summed E-state index contributed by atoms with van der Waals surface area (Å²) in [6.45, 7) is 2.09. The van der Waals surface area contributed by atoms with Crippen LogP contribution in [-0.2, 0) is 10.0 Å². The van der Waals surface area contributed by atoms with Gasteiger partial charge in [-0.15, -0.1) is 13.2 Å². The number of ether oxygens (including phenoxy) is 1. The molecule has 1 fully saturated rings. The van der Waals surface area contributed by atoms with E-state index in [2.05, 4.69) is 14.8 Å². The maximum absolute atomic E-state index is 12.2. The molecular weight excluding hydrogens is 333 g/mol. The van der Waals surface area contributed by atoms with Crippen molar-refractivity contribution in [3.8, 4) is 5.75 Å². The minimum atomic E-state index is -4.86. The lowest BCUT2D eigenvalue weighted by Gasteiger charge is -2.22. The lowest BCUT2D eigenvalue weighted by atomic mass is 9.96. The van der Waals surface area contributed by atoms with Crippen molar-refractivity contribution in [3.63, 3.8) is 0 Å². The summed E-state index contributed by atoms with van der Waals surface area (Å²) in [5, 5.41) is 3.24. The standard InChI is InChI=1S/C14H19F3N2O3S/c15-14(16,17)22-12-4-1-5-13(9-12)23(20,21)19-8-6-11-3-2-7-18-10-11/h1,4-5,9,11,18-19H,2-3,6-8,10H2. The van der Waals surface area contributed by atoms with Gasteiger partial charge in [0, 0.05) is 12.6 Å². The molecule has 130 valence electrons. The van der Waals surface area contributed by atoms with E-state index in [0.29, 0.717) is 12.3 Å². The topological polar surface area (TPSA) is 67.4 Å². The molecule has 0 aromatic heterocycles. The maximum atomic E-state index is 12.2. The highest BCUT2D eigenvalue weighted by atomic mass is 32.2. The molecule has 0 spiro atoms. The molecule has 1 unspecified atom stereocenters. The van der Waals surface area contributed by atoms with Gasteiger partial charge in [-0.2, -0.15) is 0 Å². The van der Waals surface area contributed by atoms with E-state index < -0.39 is 22.1 Å². The van der Waals surface area contributed by atoms with E-state index in [0.717, 1.165) is 38.1 Å². The largest absolute Gasteiger partial charge is 0.573 e. The molecule has 0 saturated carbocycles. The zero-order valence-electron chi connectivity index (χ0n) is 12.4. The molecule has 5 nitrogen and oxygen atoms in total. The van der Waals surface area contributed by atoms with Crippen LogP contribution >= 0.6 is 0 Å². The smallest absolute Gasteiger partial charge is 0.406 e. The van der Waals surface area contributed by atoms with Crippen molar-refractivity contribution in [2.75, 3.05) is 19.6 Å². The fraction of sp³-hybridized carbons (Fsp3) is 0.571. The van der Waals surface area contributed by atoms with Crippen molar-refractivity contribution in [1.29, 1.82) is 0 Å². The second kappa shape index (κ2) is 7.50. The highest BCUT2D eigenvalue weighted by molar-refractivity contribution is 7.89. The van der Waals surface area contributed by atoms with Gasteiger partial charge in [-0.25, -0.2) is 13.1 Å². The first-order chi connectivity index (χ1) is 10.8. The normalized spacial score (nSPS) is 19.5. The van der Waals surface area contributed by atoms with Crippen LogP contribution in [0.4, 0.5) is 13.2 Å². The summed E-state index contributed by atoms with van der Waals surface area (Å²) in [5.41, 5.74) is 0. The number of hydrogen-bond acceptors (Lipinski definition) is 4. The Morgan fingerprint density at radius 3 is 2.78 bits per heavy atom. The number of hydrogen-bond donors (Lipinski definition) is 2. The highest BCUT2D eigenvalue weighted by Crippen LogP contribution is 2.25. The van der Waals surface area contributed by atoms with Gasteiger partial charge in [-0.3, -0.25) is 0 Å². The first-order valence-corrected chi connectivity index (χ1v) is 8.81. The van der Waals surface area contributed by atoms with E-state index in [1.807, 2.05) is 0 Å². The summed E-state index contributed by atoms with van der Waals surface area (Å²) in [4.78, 5) is -0.249. The van der Waals surface area contributed by atoms with Crippen LogP contribution in [0.3, 0.4) is 0 Å². The summed E-state index contributed by atoms with van der Waals surface area (Å²) < 4.78 is 67.0. The van der Waals surface area contributed by atoms with Crippen LogP contribution in [0.1, 0.15) is 19.3 Å². The predicted octanol–water partition coefficient (Wildman–Crippen LogP) is 2.25. The number of halogens is 3. The summed E-state index contributed by atoms with van der Waals surface area (Å²) in [6, 6.07) is 4.35. The molecule has 0 radical (unpaired) electrons. The maximum Gasteiger partial charge on any atom is 0.573 e. The lowest BCUT2D eigenvalue weighted by Crippen LogP contribution is -2.33. The minimum absolute atomic E-state index is 0.249. The van der Waals surface area contributed by atoms with Crippen LogP contribution in [0.5, 0.6) is 5.75 Å². The van der Waals surface area contributed by atoms with Gasteiger partial charge < -0.3 is 10.1 Å². The van der Waals surface area contributed by atoms with Crippen molar-refractivity contribution in [2.45, 2.75) is 30.5 Å². The number of sulfonamides is 1. The zero-order chi connectivity index (χ0) is 16.9. The summed E-state index contributed by atoms with van der Waals surface area (Å²) in [7, 11) is -3.86. The molecule has 1 aliphatic rings. The molecule has 1 aromatic carbocycles. The van der Waals surface area contributed by atoms with Crippen LogP contribution in [0.2, 0.25) is 0 Å². The quantitative estimate of drug-likeness (QED) is 0.824. The fourth-order valence-corrected chi connectivity index (χ4v) is 3.57. The molecule has 1 atom stereocenters. The fourth-order valence-electron chi connectivity index (χ4n) is 2.49. The summed E-state index contributed by atoms with van der Waals surface area (Å²) in [5.74, 6) is -0.150. The third-order valence-electron chi connectivity index (χ3n) is 3.59. The highest BCUT2D eigenvalue weighted by Gasteiger charge is 2.31. The molecule has 2 N–H and O–H groups in total. The van der Waals surface area contributed by atoms with Crippen molar-refractivity contribution in [3.05, 3.63) is 24.3 Å². The van der Waals surface area contributed by atoms with E-state index in [9.17, 15) is 21.6 Å². The summed E-state index contributed by atoms with van der Waals surface area (Å²) in [6.07, 6.45) is -2.06. The molecule has 0 bridgehead atoms. The molecule has 0 amide bonds. The monoisotopic (exact) mass is 352 g/mol. The molecule has 23 heavy (non-hydrogen) atoms. The number of nitrogens with one attached hydrogen (secondary N) is 2. The van der Waals surface area contributed by atoms with Crippen LogP contribution in [0.25, 0.3) is 0 Å². The Labute approximate surface area is 133 Å². The average Bonchev–Trinajstić information content (AvgIpc) is 2.47. The van der Waals surface area contributed by atoms with Crippen LogP contribution in [0.15, 0.2) is 29.2 Å². The number of rotatable bonds is 6. The van der Waals surface area contributed by atoms with Gasteiger partial charge >= 0.3 is 6.36 Å². The van der Waals surface area contributed by atoms with Gasteiger partial charge in [0.1, 0.15) is 5.75 Å². The van der Waals surface area contributed by atoms with Crippen LogP contribution in [0, 0.1) is 5.92 Å². The molecule has 2 rings (SSSR count). The Hall–Kier alpha value is -1.32. The van der Waals surface area contributed by atoms with Crippen molar-refractivity contribution >= 4 is 10.0 Å². The Morgan fingerprint density at radius 1 is 1.35 bits per heavy atom. The molecule has 1 saturated heterocycles. The van der Waals surface area contributed by atoms with E-state index in [4.69, 9.17) is 0 Å².